The van der Waals surface area contributed by atoms with Crippen LogP contribution < -0.4 is 10.1 Å². The van der Waals surface area contributed by atoms with Gasteiger partial charge in [-0.15, -0.1) is 0 Å². The number of morpholine rings is 1. The third kappa shape index (κ3) is 3.31. The van der Waals surface area contributed by atoms with Crippen LogP contribution in [0.15, 0.2) is 24.3 Å². The minimum absolute atomic E-state index is 0.0317. The summed E-state index contributed by atoms with van der Waals surface area (Å²) < 4.78 is 10.9. The zero-order valence-corrected chi connectivity index (χ0v) is 10.6. The summed E-state index contributed by atoms with van der Waals surface area (Å²) in [4.78, 5) is 12.1. The highest BCUT2D eigenvalue weighted by Gasteiger charge is 2.22. The fourth-order valence-electron chi connectivity index (χ4n) is 1.86. The van der Waals surface area contributed by atoms with Crippen LogP contribution in [0.25, 0.3) is 0 Å². The number of carbonyl (C=O) groups is 1. The summed E-state index contributed by atoms with van der Waals surface area (Å²) in [5.74, 6) is 0.834. The summed E-state index contributed by atoms with van der Waals surface area (Å²) >= 11 is 0. The van der Waals surface area contributed by atoms with Crippen LogP contribution in [0.3, 0.4) is 0 Å². The first kappa shape index (κ1) is 13.1. The van der Waals surface area contributed by atoms with E-state index in [1.807, 2.05) is 12.1 Å². The number of ether oxygens (including phenoxy) is 2. The molecule has 1 atom stereocenters. The van der Waals surface area contributed by atoms with Gasteiger partial charge in [-0.1, -0.05) is 6.92 Å². The molecule has 4 heteroatoms. The topological polar surface area (TPSA) is 47.6 Å². The van der Waals surface area contributed by atoms with Crippen molar-refractivity contribution in [2.75, 3.05) is 26.3 Å². The maximum atomic E-state index is 12.1. The van der Waals surface area contributed by atoms with E-state index in [-0.39, 0.29) is 11.9 Å². The molecule has 1 saturated heterocycles. The van der Waals surface area contributed by atoms with Crippen LogP contribution in [0.4, 0.5) is 0 Å². The van der Waals surface area contributed by atoms with Crippen LogP contribution in [0.2, 0.25) is 0 Å². The number of hydrogen-bond acceptors (Lipinski definition) is 4. The highest BCUT2D eigenvalue weighted by Crippen LogP contribution is 2.15. The smallest absolute Gasteiger partial charge is 0.192 e. The number of benzene rings is 1. The Kier molecular flexibility index (Phi) is 4.73. The second kappa shape index (κ2) is 6.52. The highest BCUT2D eigenvalue weighted by atomic mass is 16.5. The van der Waals surface area contributed by atoms with E-state index in [0.29, 0.717) is 25.3 Å². The van der Waals surface area contributed by atoms with Crippen molar-refractivity contribution in [1.82, 2.24) is 5.32 Å². The average molecular weight is 249 g/mol. The van der Waals surface area contributed by atoms with E-state index in [2.05, 4.69) is 12.2 Å². The van der Waals surface area contributed by atoms with Crippen LogP contribution in [-0.4, -0.2) is 38.2 Å². The van der Waals surface area contributed by atoms with Crippen LogP contribution in [0, 0.1) is 0 Å². The fourth-order valence-corrected chi connectivity index (χ4v) is 1.86. The second-order valence-corrected chi connectivity index (χ2v) is 4.30. The molecule has 4 nitrogen and oxygen atoms in total. The van der Waals surface area contributed by atoms with Crippen molar-refractivity contribution in [3.8, 4) is 5.75 Å². The van der Waals surface area contributed by atoms with Gasteiger partial charge in [0.15, 0.2) is 5.78 Å². The predicted molar refractivity (Wildman–Crippen MR) is 69.2 cm³/mol. The molecule has 0 bridgehead atoms. The van der Waals surface area contributed by atoms with Gasteiger partial charge >= 0.3 is 0 Å². The van der Waals surface area contributed by atoms with Gasteiger partial charge in [0.1, 0.15) is 11.9 Å². The van der Waals surface area contributed by atoms with Crippen molar-refractivity contribution in [2.45, 2.75) is 19.4 Å². The Bertz CT molecular complexity index is 383. The second-order valence-electron chi connectivity index (χ2n) is 4.30. The van der Waals surface area contributed by atoms with Gasteiger partial charge in [0.05, 0.1) is 13.2 Å². The lowest BCUT2D eigenvalue weighted by Gasteiger charge is -2.22. The minimum atomic E-state index is -0.360. The van der Waals surface area contributed by atoms with Gasteiger partial charge in [-0.25, -0.2) is 0 Å². The van der Waals surface area contributed by atoms with Crippen molar-refractivity contribution < 1.29 is 14.3 Å². The Morgan fingerprint density at radius 1 is 1.44 bits per heavy atom. The molecule has 0 amide bonds. The molecule has 0 saturated carbocycles. The van der Waals surface area contributed by atoms with Crippen molar-refractivity contribution in [3.63, 3.8) is 0 Å². The van der Waals surface area contributed by atoms with Gasteiger partial charge in [0, 0.05) is 18.7 Å². The van der Waals surface area contributed by atoms with Crippen LogP contribution in [-0.2, 0) is 4.74 Å². The molecule has 0 aliphatic carbocycles. The maximum Gasteiger partial charge on any atom is 0.192 e. The summed E-state index contributed by atoms with van der Waals surface area (Å²) in [5, 5.41) is 3.15. The lowest BCUT2D eigenvalue weighted by molar-refractivity contribution is 0.0269. The Labute approximate surface area is 107 Å². The Morgan fingerprint density at radius 3 is 2.83 bits per heavy atom. The van der Waals surface area contributed by atoms with Crippen LogP contribution >= 0.6 is 0 Å². The summed E-state index contributed by atoms with van der Waals surface area (Å²) in [5.41, 5.74) is 0.674. The molecule has 2 rings (SSSR count). The normalized spacial score (nSPS) is 19.5. The van der Waals surface area contributed by atoms with E-state index in [0.717, 1.165) is 18.7 Å². The van der Waals surface area contributed by atoms with Crippen molar-refractivity contribution in [2.24, 2.45) is 0 Å². The molecular weight excluding hydrogens is 230 g/mol. The summed E-state index contributed by atoms with van der Waals surface area (Å²) in [6.07, 6.45) is 0.614. The van der Waals surface area contributed by atoms with E-state index in [1.165, 1.54) is 0 Å². The standard InChI is InChI=1S/C14H19NO3/c1-2-8-17-12-5-3-11(4-6-12)14(16)13-10-15-7-9-18-13/h3-6,13,15H,2,7-10H2,1H3. The molecule has 1 aromatic carbocycles. The SMILES string of the molecule is CCCOc1ccc(C(=O)C2CNCCO2)cc1. The number of hydrogen-bond donors (Lipinski definition) is 1. The molecule has 0 radical (unpaired) electrons. The molecule has 1 aliphatic rings. The zero-order chi connectivity index (χ0) is 12.8. The van der Waals surface area contributed by atoms with Crippen LogP contribution in [0.5, 0.6) is 5.75 Å². The summed E-state index contributed by atoms with van der Waals surface area (Å²) in [6.45, 7) is 4.75. The first-order valence-corrected chi connectivity index (χ1v) is 6.40. The lowest BCUT2D eigenvalue weighted by atomic mass is 10.1. The van der Waals surface area contributed by atoms with Crippen LogP contribution in [0.1, 0.15) is 23.7 Å². The summed E-state index contributed by atoms with van der Waals surface area (Å²) in [6, 6.07) is 7.26. The highest BCUT2D eigenvalue weighted by molar-refractivity contribution is 5.99. The minimum Gasteiger partial charge on any atom is -0.494 e. The monoisotopic (exact) mass is 249 g/mol. The van der Waals surface area contributed by atoms with Crippen molar-refractivity contribution in [3.05, 3.63) is 29.8 Å². The number of ketones is 1. The van der Waals surface area contributed by atoms with Gasteiger partial charge < -0.3 is 14.8 Å². The quantitative estimate of drug-likeness (QED) is 0.806. The van der Waals surface area contributed by atoms with E-state index in [9.17, 15) is 4.79 Å². The summed E-state index contributed by atoms with van der Waals surface area (Å²) in [7, 11) is 0. The first-order valence-electron chi connectivity index (χ1n) is 6.40. The van der Waals surface area contributed by atoms with E-state index in [1.54, 1.807) is 12.1 Å². The number of Topliss-reactive ketones (excluding diaryl/α,β-unsaturated/α-hetero) is 1. The molecule has 1 aliphatic heterocycles. The van der Waals surface area contributed by atoms with Gasteiger partial charge in [-0.05, 0) is 30.7 Å². The van der Waals surface area contributed by atoms with E-state index >= 15 is 0 Å². The lowest BCUT2D eigenvalue weighted by Crippen LogP contribution is -2.43. The fraction of sp³-hybridized carbons (Fsp3) is 0.500. The third-order valence-electron chi connectivity index (χ3n) is 2.83. The van der Waals surface area contributed by atoms with E-state index < -0.39 is 0 Å². The molecular formula is C14H19NO3. The predicted octanol–water partition coefficient (Wildman–Crippen LogP) is 1.65. The number of carbonyl (C=O) groups excluding carboxylic acids is 1. The van der Waals surface area contributed by atoms with Gasteiger partial charge in [-0.2, -0.15) is 0 Å². The number of rotatable bonds is 5. The zero-order valence-electron chi connectivity index (χ0n) is 10.6. The van der Waals surface area contributed by atoms with Gasteiger partial charge in [-0.3, -0.25) is 4.79 Å². The Balaban J connectivity index is 1.97. The van der Waals surface area contributed by atoms with Crippen molar-refractivity contribution in [1.29, 1.82) is 0 Å². The third-order valence-corrected chi connectivity index (χ3v) is 2.83. The number of nitrogens with one attached hydrogen (secondary N) is 1. The van der Waals surface area contributed by atoms with Gasteiger partial charge in [0.2, 0.25) is 0 Å². The molecule has 0 aromatic heterocycles. The maximum absolute atomic E-state index is 12.1. The molecule has 1 unspecified atom stereocenters. The van der Waals surface area contributed by atoms with Crippen molar-refractivity contribution >= 4 is 5.78 Å². The molecule has 18 heavy (non-hydrogen) atoms. The Hall–Kier alpha value is -1.39. The van der Waals surface area contributed by atoms with Gasteiger partial charge in [0.25, 0.3) is 0 Å². The molecule has 1 aromatic rings. The molecule has 1 heterocycles. The average Bonchev–Trinajstić information content (AvgIpc) is 2.46. The van der Waals surface area contributed by atoms with E-state index in [4.69, 9.17) is 9.47 Å². The molecule has 0 spiro atoms. The molecule has 1 N–H and O–H groups in total. The molecule has 1 fully saturated rings. The Morgan fingerprint density at radius 2 is 2.22 bits per heavy atom. The molecule has 98 valence electrons. The largest absolute Gasteiger partial charge is 0.494 e. The first-order chi connectivity index (χ1) is 8.81.